The number of aromatic nitrogens is 4. The number of phenolic OH excluding ortho intramolecular Hbond substituents is 1. The highest BCUT2D eigenvalue weighted by atomic mass is 79.9. The van der Waals surface area contributed by atoms with Gasteiger partial charge in [0, 0.05) is 7.05 Å². The molecule has 12 heteroatoms. The number of aromatic hydroxyl groups is 1. The summed E-state index contributed by atoms with van der Waals surface area (Å²) >= 11 is 3.19. The Balaban J connectivity index is 2.04. The lowest BCUT2D eigenvalue weighted by Crippen LogP contribution is -2.24. The lowest BCUT2D eigenvalue weighted by Gasteiger charge is -2.17. The topological polar surface area (TPSA) is 91.4 Å². The first kappa shape index (κ1) is 19.7. The zero-order chi connectivity index (χ0) is 20.5. The Bertz CT molecular complexity index is 1060. The van der Waals surface area contributed by atoms with Crippen LogP contribution in [0, 0.1) is 0 Å². The lowest BCUT2D eigenvalue weighted by atomic mass is 10.1. The molecule has 2 aromatic carbocycles. The third-order valence-corrected chi connectivity index (χ3v) is 4.19. The first-order chi connectivity index (χ1) is 13.2. The van der Waals surface area contributed by atoms with Crippen molar-refractivity contribution in [2.45, 2.75) is 13.0 Å². The van der Waals surface area contributed by atoms with E-state index < -0.39 is 17.8 Å². The molecule has 0 aliphatic rings. The number of rotatable bonds is 5. The zero-order valence-corrected chi connectivity index (χ0v) is 15.7. The van der Waals surface area contributed by atoms with Crippen LogP contribution >= 0.6 is 15.9 Å². The van der Waals surface area contributed by atoms with Crippen LogP contribution in [-0.4, -0.2) is 31.3 Å². The lowest BCUT2D eigenvalue weighted by molar-refractivity contribution is -0.275. The van der Waals surface area contributed by atoms with Gasteiger partial charge in [-0.1, -0.05) is 6.07 Å². The minimum atomic E-state index is -4.94. The molecule has 8 nitrogen and oxygen atoms in total. The van der Waals surface area contributed by atoms with Crippen molar-refractivity contribution in [2.75, 3.05) is 0 Å². The van der Waals surface area contributed by atoms with Gasteiger partial charge in [0.05, 0.1) is 15.7 Å². The monoisotopic (exact) mass is 460 g/mol. The van der Waals surface area contributed by atoms with Crippen LogP contribution in [0.15, 0.2) is 45.7 Å². The van der Waals surface area contributed by atoms with Crippen LogP contribution in [0.2, 0.25) is 0 Å². The van der Waals surface area contributed by atoms with E-state index in [1.165, 1.54) is 37.4 Å². The number of halogens is 4. The molecule has 0 aliphatic carbocycles. The summed E-state index contributed by atoms with van der Waals surface area (Å²) in [6.07, 6.45) is -4.94. The molecule has 0 atom stereocenters. The van der Waals surface area contributed by atoms with Gasteiger partial charge in [-0.3, -0.25) is 0 Å². The van der Waals surface area contributed by atoms with E-state index >= 15 is 0 Å². The molecule has 0 bridgehead atoms. The molecule has 0 saturated carbocycles. The van der Waals surface area contributed by atoms with Crippen LogP contribution in [0.3, 0.4) is 0 Å². The van der Waals surface area contributed by atoms with Crippen LogP contribution in [-0.2, 0) is 13.7 Å². The Labute approximate surface area is 163 Å². The van der Waals surface area contributed by atoms with Gasteiger partial charge < -0.3 is 14.6 Å². The van der Waals surface area contributed by atoms with Crippen LogP contribution in [0.5, 0.6) is 17.2 Å². The summed E-state index contributed by atoms with van der Waals surface area (Å²) in [7, 11) is 1.35. The number of aryl methyl sites for hydroxylation is 1. The van der Waals surface area contributed by atoms with Gasteiger partial charge in [0.2, 0.25) is 0 Å². The number of hydrogen-bond acceptors (Lipinski definition) is 6. The fourth-order valence-electron chi connectivity index (χ4n) is 2.34. The largest absolute Gasteiger partial charge is 0.573 e. The zero-order valence-electron chi connectivity index (χ0n) is 14.1. The maximum absolute atomic E-state index is 12.8. The molecular formula is C16H12BrF3N4O4. The number of nitrogens with zero attached hydrogens (tertiary/aromatic N) is 4. The summed E-state index contributed by atoms with van der Waals surface area (Å²) in [5.41, 5.74) is -0.701. The molecule has 28 heavy (non-hydrogen) atoms. The normalized spacial score (nSPS) is 11.5. The van der Waals surface area contributed by atoms with Gasteiger partial charge in [-0.15, -0.1) is 13.2 Å². The highest BCUT2D eigenvalue weighted by molar-refractivity contribution is 9.10. The van der Waals surface area contributed by atoms with Crippen molar-refractivity contribution in [3.63, 3.8) is 0 Å². The Morgan fingerprint density at radius 3 is 2.54 bits per heavy atom. The smallest absolute Gasteiger partial charge is 0.508 e. The number of phenols is 1. The standard InChI is InChI=1S/C16H12BrF3N4O4/c1-23-15(26)24(22-21-23)12-3-2-4-13(28-16(18,19)20)10(12)8-27-14-6-5-9(25)7-11(14)17/h2-7,25H,8H2,1H3. The molecule has 0 saturated heterocycles. The average molecular weight is 461 g/mol. The van der Waals surface area contributed by atoms with Gasteiger partial charge in [0.15, 0.2) is 0 Å². The van der Waals surface area contributed by atoms with Crippen molar-refractivity contribution in [3.05, 3.63) is 56.9 Å². The molecule has 3 rings (SSSR count). The molecule has 3 aromatic rings. The summed E-state index contributed by atoms with van der Waals surface area (Å²) in [4.78, 5) is 12.1. The van der Waals surface area contributed by atoms with Gasteiger partial charge >= 0.3 is 12.1 Å². The third kappa shape index (κ3) is 4.27. The van der Waals surface area contributed by atoms with Gasteiger partial charge in [0.25, 0.3) is 0 Å². The number of benzene rings is 2. The summed E-state index contributed by atoms with van der Waals surface area (Å²) in [6, 6.07) is 7.93. The predicted octanol–water partition coefficient (Wildman–Crippen LogP) is 2.91. The Kier molecular flexibility index (Phi) is 5.31. The molecule has 0 radical (unpaired) electrons. The number of alkyl halides is 3. The summed E-state index contributed by atoms with van der Waals surface area (Å²) in [5, 5.41) is 16.6. The van der Waals surface area contributed by atoms with Crippen molar-refractivity contribution < 1.29 is 27.8 Å². The molecule has 0 unspecified atom stereocenters. The van der Waals surface area contributed by atoms with E-state index in [-0.39, 0.29) is 29.4 Å². The second kappa shape index (κ2) is 7.54. The first-order valence-electron chi connectivity index (χ1n) is 7.64. The van der Waals surface area contributed by atoms with Crippen LogP contribution in [0.1, 0.15) is 5.56 Å². The molecule has 1 heterocycles. The second-order valence-electron chi connectivity index (χ2n) is 5.50. The molecule has 0 spiro atoms. The molecule has 0 amide bonds. The van der Waals surface area contributed by atoms with E-state index in [0.29, 0.717) is 4.47 Å². The molecule has 0 aliphatic heterocycles. The Morgan fingerprint density at radius 2 is 1.93 bits per heavy atom. The number of tetrazole rings is 1. The van der Waals surface area contributed by atoms with Gasteiger partial charge in [-0.25, -0.2) is 4.79 Å². The van der Waals surface area contributed by atoms with E-state index in [0.717, 1.165) is 15.4 Å². The maximum Gasteiger partial charge on any atom is 0.573 e. The quantitative estimate of drug-likeness (QED) is 0.629. The van der Waals surface area contributed by atoms with E-state index in [4.69, 9.17) is 4.74 Å². The third-order valence-electron chi connectivity index (χ3n) is 3.57. The van der Waals surface area contributed by atoms with E-state index in [1.807, 2.05) is 0 Å². The number of hydrogen-bond donors (Lipinski definition) is 1. The van der Waals surface area contributed by atoms with Crippen molar-refractivity contribution in [1.29, 1.82) is 0 Å². The van der Waals surface area contributed by atoms with Gasteiger partial charge in [-0.2, -0.15) is 9.36 Å². The minimum absolute atomic E-state index is 0.0215. The molecule has 0 fully saturated rings. The van der Waals surface area contributed by atoms with E-state index in [2.05, 4.69) is 31.1 Å². The van der Waals surface area contributed by atoms with Crippen molar-refractivity contribution in [1.82, 2.24) is 19.8 Å². The average Bonchev–Trinajstić information content (AvgIpc) is 2.93. The molecule has 1 N–H and O–H groups in total. The maximum atomic E-state index is 12.8. The molecule has 148 valence electrons. The highest BCUT2D eigenvalue weighted by Crippen LogP contribution is 2.33. The summed E-state index contributed by atoms with van der Waals surface area (Å²) < 4.78 is 50.2. The van der Waals surface area contributed by atoms with Crippen molar-refractivity contribution >= 4 is 15.9 Å². The van der Waals surface area contributed by atoms with Crippen molar-refractivity contribution in [2.24, 2.45) is 7.05 Å². The Morgan fingerprint density at radius 1 is 1.18 bits per heavy atom. The van der Waals surface area contributed by atoms with Crippen LogP contribution in [0.4, 0.5) is 13.2 Å². The minimum Gasteiger partial charge on any atom is -0.508 e. The SMILES string of the molecule is Cn1nnn(-c2cccc(OC(F)(F)F)c2COc2ccc(O)cc2Br)c1=O. The highest BCUT2D eigenvalue weighted by Gasteiger charge is 2.33. The Hall–Kier alpha value is -3.02. The van der Waals surface area contributed by atoms with E-state index in [1.54, 1.807) is 0 Å². The second-order valence-corrected chi connectivity index (χ2v) is 6.36. The van der Waals surface area contributed by atoms with Gasteiger partial charge in [0.1, 0.15) is 23.9 Å². The number of ether oxygens (including phenoxy) is 2. The van der Waals surface area contributed by atoms with Crippen LogP contribution in [0.25, 0.3) is 5.69 Å². The molecular weight excluding hydrogens is 449 g/mol. The van der Waals surface area contributed by atoms with Crippen LogP contribution < -0.4 is 15.2 Å². The summed E-state index contributed by atoms with van der Waals surface area (Å²) in [6.45, 7) is -0.381. The first-order valence-corrected chi connectivity index (χ1v) is 8.43. The fraction of sp³-hybridized carbons (Fsp3) is 0.188. The van der Waals surface area contributed by atoms with Crippen molar-refractivity contribution in [3.8, 4) is 22.9 Å². The summed E-state index contributed by atoms with van der Waals surface area (Å²) in [5.74, 6) is -0.304. The molecule has 1 aromatic heterocycles. The van der Waals surface area contributed by atoms with E-state index in [9.17, 15) is 23.1 Å². The van der Waals surface area contributed by atoms with Gasteiger partial charge in [-0.05, 0) is 56.7 Å². The fourth-order valence-corrected chi connectivity index (χ4v) is 2.82. The predicted molar refractivity (Wildman–Crippen MR) is 93.4 cm³/mol.